The Kier molecular flexibility index (Phi) is 4.20. The molecule has 0 saturated heterocycles. The molecule has 0 heterocycles. The number of hydrogen-bond donors (Lipinski definition) is 0. The van der Waals surface area contributed by atoms with Gasteiger partial charge in [0, 0.05) is 0 Å². The minimum Gasteiger partial charge on any atom is -0.465 e. The first kappa shape index (κ1) is 11.4. The summed E-state index contributed by atoms with van der Waals surface area (Å²) < 4.78 is 5.41. The highest BCUT2D eigenvalue weighted by Crippen LogP contribution is 2.22. The Morgan fingerprint density at radius 3 is 2.44 bits per heavy atom. The molecule has 0 spiro atoms. The van der Waals surface area contributed by atoms with Crippen LogP contribution < -0.4 is 0 Å². The van der Waals surface area contributed by atoms with E-state index < -0.39 is 0 Å². The summed E-state index contributed by atoms with van der Waals surface area (Å²) in [5, 5.41) is 0. The van der Waals surface area contributed by atoms with Gasteiger partial charge in [0.05, 0.1) is 12.5 Å². The largest absolute Gasteiger partial charge is 0.465 e. The number of allylic oxidation sites excluding steroid dienone is 4. The number of esters is 1. The molecule has 2 atom stereocenters. The standard InChI is InChI=1S/C14H20O2/c15-14(13-9-5-2-6-10-13)16-11-12-7-3-1-4-8-12/h1-3,5,12-13H,4,6-11H2/t12-,13-/m0/s1. The number of ether oxygens (including phenoxy) is 1. The average Bonchev–Trinajstić information content (AvgIpc) is 2.38. The van der Waals surface area contributed by atoms with E-state index in [1.54, 1.807) is 0 Å². The van der Waals surface area contributed by atoms with Crippen LogP contribution in [-0.2, 0) is 9.53 Å². The molecule has 0 radical (unpaired) electrons. The molecule has 0 aromatic heterocycles. The minimum atomic E-state index is 0.0129. The molecule has 2 heteroatoms. The molecular formula is C14H20O2. The second-order valence-electron chi connectivity index (χ2n) is 4.76. The van der Waals surface area contributed by atoms with Crippen molar-refractivity contribution in [3.8, 4) is 0 Å². The molecule has 2 aliphatic rings. The van der Waals surface area contributed by atoms with Gasteiger partial charge in [-0.15, -0.1) is 0 Å². The van der Waals surface area contributed by atoms with Crippen molar-refractivity contribution in [3.05, 3.63) is 24.3 Å². The number of hydrogen-bond acceptors (Lipinski definition) is 2. The summed E-state index contributed by atoms with van der Waals surface area (Å²) in [5.41, 5.74) is 0. The fraction of sp³-hybridized carbons (Fsp3) is 0.643. The average molecular weight is 220 g/mol. The molecule has 2 aliphatic carbocycles. The third-order valence-corrected chi connectivity index (χ3v) is 3.44. The highest BCUT2D eigenvalue weighted by Gasteiger charge is 2.21. The molecule has 0 aliphatic heterocycles. The summed E-state index contributed by atoms with van der Waals surface area (Å²) in [5.74, 6) is 0.677. The SMILES string of the molecule is O=C(OC[C@H]1CC=CCC1)[C@H]1CC=CCC1. The third-order valence-electron chi connectivity index (χ3n) is 3.44. The van der Waals surface area contributed by atoms with E-state index in [4.69, 9.17) is 4.74 Å². The predicted molar refractivity (Wildman–Crippen MR) is 63.9 cm³/mol. The molecule has 0 aromatic rings. The van der Waals surface area contributed by atoms with Gasteiger partial charge < -0.3 is 4.74 Å². The van der Waals surface area contributed by atoms with Gasteiger partial charge >= 0.3 is 5.97 Å². The van der Waals surface area contributed by atoms with Gasteiger partial charge in [0.25, 0.3) is 0 Å². The van der Waals surface area contributed by atoms with Crippen molar-refractivity contribution in [2.75, 3.05) is 6.61 Å². The Hall–Kier alpha value is -1.05. The van der Waals surface area contributed by atoms with Gasteiger partial charge in [-0.2, -0.15) is 0 Å². The van der Waals surface area contributed by atoms with E-state index in [9.17, 15) is 4.79 Å². The van der Waals surface area contributed by atoms with Crippen LogP contribution in [0.4, 0.5) is 0 Å². The molecular weight excluding hydrogens is 200 g/mol. The van der Waals surface area contributed by atoms with Crippen molar-refractivity contribution in [2.45, 2.75) is 38.5 Å². The first-order valence-corrected chi connectivity index (χ1v) is 6.33. The van der Waals surface area contributed by atoms with Crippen LogP contribution in [0, 0.1) is 11.8 Å². The molecule has 0 bridgehead atoms. The van der Waals surface area contributed by atoms with Gasteiger partial charge in [0.1, 0.15) is 0 Å². The lowest BCUT2D eigenvalue weighted by Gasteiger charge is -2.20. The highest BCUT2D eigenvalue weighted by molar-refractivity contribution is 5.72. The van der Waals surface area contributed by atoms with Gasteiger partial charge in [-0.1, -0.05) is 24.3 Å². The van der Waals surface area contributed by atoms with E-state index in [-0.39, 0.29) is 11.9 Å². The molecule has 88 valence electrons. The summed E-state index contributed by atoms with van der Waals surface area (Å²) in [6.07, 6.45) is 14.9. The van der Waals surface area contributed by atoms with E-state index in [0.717, 1.165) is 38.5 Å². The van der Waals surface area contributed by atoms with Crippen molar-refractivity contribution < 1.29 is 9.53 Å². The lowest BCUT2D eigenvalue weighted by atomic mass is 9.94. The van der Waals surface area contributed by atoms with E-state index in [2.05, 4.69) is 24.3 Å². The van der Waals surface area contributed by atoms with Crippen LogP contribution in [0.5, 0.6) is 0 Å². The van der Waals surface area contributed by atoms with E-state index >= 15 is 0 Å². The first-order chi connectivity index (χ1) is 7.86. The number of rotatable bonds is 3. The lowest BCUT2D eigenvalue weighted by Crippen LogP contribution is -2.22. The van der Waals surface area contributed by atoms with Crippen LogP contribution in [0.1, 0.15) is 38.5 Å². The quantitative estimate of drug-likeness (QED) is 0.539. The molecule has 2 nitrogen and oxygen atoms in total. The summed E-state index contributed by atoms with van der Waals surface area (Å²) >= 11 is 0. The summed E-state index contributed by atoms with van der Waals surface area (Å²) in [4.78, 5) is 11.8. The Labute approximate surface area is 97.4 Å². The Morgan fingerprint density at radius 1 is 1.06 bits per heavy atom. The predicted octanol–water partition coefficient (Wildman–Crippen LogP) is 3.24. The minimum absolute atomic E-state index is 0.0129. The van der Waals surface area contributed by atoms with Crippen LogP contribution in [0.2, 0.25) is 0 Å². The summed E-state index contributed by atoms with van der Waals surface area (Å²) in [7, 11) is 0. The fourth-order valence-electron chi connectivity index (χ4n) is 2.33. The number of carbonyl (C=O) groups excluding carboxylic acids is 1. The van der Waals surface area contributed by atoms with Crippen LogP contribution >= 0.6 is 0 Å². The Bertz CT molecular complexity index is 291. The van der Waals surface area contributed by atoms with Crippen molar-refractivity contribution in [3.63, 3.8) is 0 Å². The Balaban J connectivity index is 1.70. The Morgan fingerprint density at radius 2 is 1.81 bits per heavy atom. The zero-order valence-corrected chi connectivity index (χ0v) is 9.73. The van der Waals surface area contributed by atoms with Gasteiger partial charge in [-0.3, -0.25) is 4.79 Å². The maximum atomic E-state index is 11.8. The van der Waals surface area contributed by atoms with E-state index in [1.807, 2.05) is 0 Å². The zero-order chi connectivity index (χ0) is 11.2. The maximum Gasteiger partial charge on any atom is 0.309 e. The van der Waals surface area contributed by atoms with E-state index in [0.29, 0.717) is 12.5 Å². The molecule has 0 N–H and O–H groups in total. The monoisotopic (exact) mass is 220 g/mol. The highest BCUT2D eigenvalue weighted by atomic mass is 16.5. The molecule has 2 rings (SSSR count). The summed E-state index contributed by atoms with van der Waals surface area (Å²) in [6.45, 7) is 0.614. The molecule has 0 fully saturated rings. The van der Waals surface area contributed by atoms with Gasteiger partial charge in [0.2, 0.25) is 0 Å². The van der Waals surface area contributed by atoms with Crippen LogP contribution in [0.15, 0.2) is 24.3 Å². The zero-order valence-electron chi connectivity index (χ0n) is 9.73. The van der Waals surface area contributed by atoms with Crippen molar-refractivity contribution in [2.24, 2.45) is 11.8 Å². The van der Waals surface area contributed by atoms with E-state index in [1.165, 1.54) is 0 Å². The second kappa shape index (κ2) is 5.88. The number of carbonyl (C=O) groups is 1. The van der Waals surface area contributed by atoms with Crippen LogP contribution in [0.25, 0.3) is 0 Å². The van der Waals surface area contributed by atoms with Gasteiger partial charge in [0.15, 0.2) is 0 Å². The lowest BCUT2D eigenvalue weighted by molar-refractivity contribution is -0.150. The fourth-order valence-corrected chi connectivity index (χ4v) is 2.33. The van der Waals surface area contributed by atoms with Crippen molar-refractivity contribution >= 4 is 5.97 Å². The molecule has 0 aromatic carbocycles. The third kappa shape index (κ3) is 3.22. The van der Waals surface area contributed by atoms with Gasteiger partial charge in [-0.05, 0) is 44.4 Å². The molecule has 0 amide bonds. The van der Waals surface area contributed by atoms with Crippen molar-refractivity contribution in [1.29, 1.82) is 0 Å². The second-order valence-corrected chi connectivity index (χ2v) is 4.76. The smallest absolute Gasteiger partial charge is 0.309 e. The first-order valence-electron chi connectivity index (χ1n) is 6.33. The van der Waals surface area contributed by atoms with Crippen molar-refractivity contribution in [1.82, 2.24) is 0 Å². The topological polar surface area (TPSA) is 26.3 Å². The van der Waals surface area contributed by atoms with Crippen LogP contribution in [-0.4, -0.2) is 12.6 Å². The molecule has 0 saturated carbocycles. The molecule has 16 heavy (non-hydrogen) atoms. The molecule has 0 unspecified atom stereocenters. The van der Waals surface area contributed by atoms with Crippen LogP contribution in [0.3, 0.4) is 0 Å². The maximum absolute atomic E-state index is 11.8. The summed E-state index contributed by atoms with van der Waals surface area (Å²) in [6, 6.07) is 0. The normalized spacial score (nSPS) is 29.0. The van der Waals surface area contributed by atoms with Gasteiger partial charge in [-0.25, -0.2) is 0 Å².